The molecule has 0 fully saturated rings. The van der Waals surface area contributed by atoms with Crippen molar-refractivity contribution < 1.29 is 9.90 Å². The molecule has 5 heteroatoms. The van der Waals surface area contributed by atoms with Crippen molar-refractivity contribution in [3.8, 4) is 0 Å². The monoisotopic (exact) mass is 222 g/mol. The van der Waals surface area contributed by atoms with Gasteiger partial charge in [-0.1, -0.05) is 0 Å². The fraction of sp³-hybridized carbons (Fsp3) is 0.200. The topological polar surface area (TPSA) is 62.2 Å². The van der Waals surface area contributed by atoms with E-state index in [1.165, 1.54) is 11.3 Å². The third kappa shape index (κ3) is 1.98. The number of carbonyl (C=O) groups excluding carboxylic acids is 1. The van der Waals surface area contributed by atoms with Crippen molar-refractivity contribution in [3.05, 3.63) is 29.4 Å². The van der Waals surface area contributed by atoms with Gasteiger partial charge in [0.05, 0.1) is 16.9 Å². The van der Waals surface area contributed by atoms with Crippen molar-refractivity contribution >= 4 is 27.3 Å². The van der Waals surface area contributed by atoms with E-state index in [4.69, 9.17) is 5.11 Å². The Hall–Kier alpha value is -1.46. The van der Waals surface area contributed by atoms with E-state index in [1.54, 1.807) is 12.4 Å². The van der Waals surface area contributed by atoms with Gasteiger partial charge in [0.25, 0.3) is 5.91 Å². The van der Waals surface area contributed by atoms with E-state index < -0.39 is 0 Å². The van der Waals surface area contributed by atoms with Crippen LogP contribution in [0.2, 0.25) is 0 Å². The van der Waals surface area contributed by atoms with Crippen molar-refractivity contribution in [1.82, 2.24) is 10.3 Å². The van der Waals surface area contributed by atoms with Crippen LogP contribution in [0.3, 0.4) is 0 Å². The number of hydrogen-bond donors (Lipinski definition) is 2. The summed E-state index contributed by atoms with van der Waals surface area (Å²) < 4.78 is 0.931. The van der Waals surface area contributed by atoms with Gasteiger partial charge in [0.15, 0.2) is 0 Å². The Morgan fingerprint density at radius 3 is 3.20 bits per heavy atom. The number of carbonyl (C=O) groups is 1. The lowest BCUT2D eigenvalue weighted by Crippen LogP contribution is -2.26. The van der Waals surface area contributed by atoms with Gasteiger partial charge in [-0.25, -0.2) is 0 Å². The second-order valence-electron chi connectivity index (χ2n) is 3.01. The first-order chi connectivity index (χ1) is 7.33. The number of amides is 1. The van der Waals surface area contributed by atoms with Gasteiger partial charge in [-0.2, -0.15) is 0 Å². The smallest absolute Gasteiger partial charge is 0.254 e. The second kappa shape index (κ2) is 4.37. The molecule has 0 aliphatic rings. The first kappa shape index (κ1) is 10.1. The lowest BCUT2D eigenvalue weighted by Gasteiger charge is -2.03. The molecule has 1 amide bonds. The molecule has 0 saturated heterocycles. The molecule has 0 saturated carbocycles. The molecule has 15 heavy (non-hydrogen) atoms. The highest BCUT2D eigenvalue weighted by atomic mass is 32.1. The van der Waals surface area contributed by atoms with Gasteiger partial charge in [-0.05, 0) is 11.4 Å². The predicted octanol–water partition coefficient (Wildman–Crippen LogP) is 1.02. The molecule has 0 unspecified atom stereocenters. The Kier molecular flexibility index (Phi) is 2.94. The molecule has 2 N–H and O–H groups in total. The number of aliphatic hydroxyl groups is 1. The largest absolute Gasteiger partial charge is 0.395 e. The van der Waals surface area contributed by atoms with Crippen LogP contribution in [-0.4, -0.2) is 29.1 Å². The maximum atomic E-state index is 11.7. The minimum atomic E-state index is -0.190. The highest BCUT2D eigenvalue weighted by Gasteiger charge is 2.10. The average Bonchev–Trinajstić information content (AvgIpc) is 2.73. The Balaban J connectivity index is 2.34. The number of nitrogens with one attached hydrogen (secondary N) is 1. The van der Waals surface area contributed by atoms with Gasteiger partial charge in [-0.15, -0.1) is 11.3 Å². The summed E-state index contributed by atoms with van der Waals surface area (Å²) in [4.78, 5) is 15.7. The molecule has 78 valence electrons. The van der Waals surface area contributed by atoms with Crippen LogP contribution in [0.1, 0.15) is 10.4 Å². The van der Waals surface area contributed by atoms with Crippen LogP contribution in [0.25, 0.3) is 10.1 Å². The summed E-state index contributed by atoms with van der Waals surface area (Å²) in [5.41, 5.74) is 0.566. The van der Waals surface area contributed by atoms with Gasteiger partial charge in [0.1, 0.15) is 0 Å². The van der Waals surface area contributed by atoms with E-state index in [0.717, 1.165) is 10.1 Å². The molecule has 0 spiro atoms. The van der Waals surface area contributed by atoms with Crippen LogP contribution in [0.5, 0.6) is 0 Å². The Morgan fingerprint density at radius 1 is 1.53 bits per heavy atom. The van der Waals surface area contributed by atoms with E-state index in [9.17, 15) is 4.79 Å². The normalized spacial score (nSPS) is 10.5. The number of fused-ring (bicyclic) bond motifs is 1. The van der Waals surface area contributed by atoms with E-state index in [-0.39, 0.29) is 19.1 Å². The fourth-order valence-electron chi connectivity index (χ4n) is 1.32. The molecule has 0 aliphatic heterocycles. The van der Waals surface area contributed by atoms with Gasteiger partial charge in [-0.3, -0.25) is 9.78 Å². The summed E-state index contributed by atoms with van der Waals surface area (Å²) >= 11 is 1.51. The van der Waals surface area contributed by atoms with Gasteiger partial charge in [0.2, 0.25) is 0 Å². The van der Waals surface area contributed by atoms with E-state index in [2.05, 4.69) is 10.3 Å². The van der Waals surface area contributed by atoms with Gasteiger partial charge < -0.3 is 10.4 Å². The minimum Gasteiger partial charge on any atom is -0.395 e. The third-order valence-electron chi connectivity index (χ3n) is 2.00. The Morgan fingerprint density at radius 2 is 2.40 bits per heavy atom. The molecule has 2 rings (SSSR count). The van der Waals surface area contributed by atoms with Crippen LogP contribution in [0, 0.1) is 0 Å². The van der Waals surface area contributed by atoms with Crippen LogP contribution >= 0.6 is 11.3 Å². The number of rotatable bonds is 3. The predicted molar refractivity (Wildman–Crippen MR) is 59.0 cm³/mol. The minimum absolute atomic E-state index is 0.0560. The standard InChI is InChI=1S/C10H10N2O2S/c13-3-2-12-10(14)8-6-11-5-7-1-4-15-9(7)8/h1,4-6,13H,2-3H2,(H,12,14). The van der Waals surface area contributed by atoms with Crippen LogP contribution in [0.4, 0.5) is 0 Å². The van der Waals surface area contributed by atoms with Crippen molar-refractivity contribution in [2.45, 2.75) is 0 Å². The van der Waals surface area contributed by atoms with Crippen LogP contribution in [0.15, 0.2) is 23.8 Å². The SMILES string of the molecule is O=C(NCCO)c1cncc2ccsc12. The summed E-state index contributed by atoms with van der Waals surface area (Å²) in [6.45, 7) is 0.209. The molecule has 0 radical (unpaired) electrons. The Labute approximate surface area is 90.6 Å². The van der Waals surface area contributed by atoms with E-state index in [0.29, 0.717) is 5.56 Å². The first-order valence-corrected chi connectivity index (χ1v) is 5.41. The molecule has 4 nitrogen and oxygen atoms in total. The fourth-order valence-corrected chi connectivity index (χ4v) is 2.20. The maximum Gasteiger partial charge on any atom is 0.254 e. The highest BCUT2D eigenvalue weighted by Crippen LogP contribution is 2.23. The molecular weight excluding hydrogens is 212 g/mol. The maximum absolute atomic E-state index is 11.7. The molecular formula is C10H10N2O2S. The van der Waals surface area contributed by atoms with Crippen molar-refractivity contribution in [1.29, 1.82) is 0 Å². The van der Waals surface area contributed by atoms with Crippen molar-refractivity contribution in [2.24, 2.45) is 0 Å². The second-order valence-corrected chi connectivity index (χ2v) is 3.92. The number of aromatic nitrogens is 1. The lowest BCUT2D eigenvalue weighted by atomic mass is 10.2. The zero-order valence-corrected chi connectivity index (χ0v) is 8.75. The number of hydrogen-bond acceptors (Lipinski definition) is 4. The molecule has 0 aromatic carbocycles. The van der Waals surface area contributed by atoms with Gasteiger partial charge >= 0.3 is 0 Å². The molecule has 0 bridgehead atoms. The molecule has 0 aliphatic carbocycles. The zero-order valence-electron chi connectivity index (χ0n) is 7.93. The van der Waals surface area contributed by atoms with Gasteiger partial charge in [0, 0.05) is 24.3 Å². The lowest BCUT2D eigenvalue weighted by molar-refractivity contribution is 0.0946. The summed E-state index contributed by atoms with van der Waals surface area (Å²) in [5, 5.41) is 14.1. The molecule has 2 aromatic heterocycles. The van der Waals surface area contributed by atoms with E-state index in [1.807, 2.05) is 11.4 Å². The number of pyridine rings is 1. The van der Waals surface area contributed by atoms with E-state index >= 15 is 0 Å². The highest BCUT2D eigenvalue weighted by molar-refractivity contribution is 7.17. The number of thiophene rings is 1. The Bertz CT molecular complexity index is 481. The van der Waals surface area contributed by atoms with Crippen molar-refractivity contribution in [3.63, 3.8) is 0 Å². The molecule has 2 heterocycles. The third-order valence-corrected chi connectivity index (χ3v) is 2.96. The zero-order chi connectivity index (χ0) is 10.7. The number of aliphatic hydroxyl groups excluding tert-OH is 1. The van der Waals surface area contributed by atoms with Crippen molar-refractivity contribution in [2.75, 3.05) is 13.2 Å². The summed E-state index contributed by atoms with van der Waals surface area (Å²) in [7, 11) is 0. The molecule has 0 atom stereocenters. The van der Waals surface area contributed by atoms with Crippen LogP contribution in [-0.2, 0) is 0 Å². The number of nitrogens with zero attached hydrogens (tertiary/aromatic N) is 1. The summed E-state index contributed by atoms with van der Waals surface area (Å²) in [6.07, 6.45) is 3.28. The average molecular weight is 222 g/mol. The molecule has 2 aromatic rings. The van der Waals surface area contributed by atoms with Crippen LogP contribution < -0.4 is 5.32 Å². The quantitative estimate of drug-likeness (QED) is 0.815. The first-order valence-electron chi connectivity index (χ1n) is 4.53. The summed E-state index contributed by atoms with van der Waals surface area (Å²) in [5.74, 6) is -0.190. The summed E-state index contributed by atoms with van der Waals surface area (Å²) in [6, 6.07) is 1.93.